The summed E-state index contributed by atoms with van der Waals surface area (Å²) < 4.78 is 11.3. The summed E-state index contributed by atoms with van der Waals surface area (Å²) in [5, 5.41) is 3.90. The summed E-state index contributed by atoms with van der Waals surface area (Å²) >= 11 is 12.2. The van der Waals surface area contributed by atoms with E-state index in [1.54, 1.807) is 30.3 Å². The molecule has 1 N–H and O–H groups in total. The molecule has 1 fully saturated rings. The zero-order valence-electron chi connectivity index (χ0n) is 13.6. The van der Waals surface area contributed by atoms with Gasteiger partial charge in [-0.05, 0) is 49.1 Å². The van der Waals surface area contributed by atoms with Crippen molar-refractivity contribution in [3.05, 3.63) is 52.5 Å². The van der Waals surface area contributed by atoms with E-state index in [1.807, 2.05) is 12.1 Å². The van der Waals surface area contributed by atoms with Crippen molar-refractivity contribution < 1.29 is 14.3 Å². The fourth-order valence-electron chi connectivity index (χ4n) is 2.34. The van der Waals surface area contributed by atoms with Gasteiger partial charge in [-0.2, -0.15) is 0 Å². The van der Waals surface area contributed by atoms with Crippen LogP contribution in [-0.4, -0.2) is 19.1 Å². The van der Waals surface area contributed by atoms with Gasteiger partial charge in [-0.3, -0.25) is 4.79 Å². The Morgan fingerprint density at radius 1 is 1.12 bits per heavy atom. The van der Waals surface area contributed by atoms with Gasteiger partial charge in [0.05, 0.1) is 11.6 Å². The van der Waals surface area contributed by atoms with Crippen LogP contribution in [0.5, 0.6) is 17.2 Å². The van der Waals surface area contributed by atoms with Gasteiger partial charge in [0.2, 0.25) is 5.91 Å². The number of nitrogens with one attached hydrogen (secondary N) is 1. The van der Waals surface area contributed by atoms with Gasteiger partial charge in [0, 0.05) is 17.5 Å². The number of carbonyl (C=O) groups excluding carboxylic acids is 1. The van der Waals surface area contributed by atoms with Crippen LogP contribution >= 0.6 is 23.2 Å². The van der Waals surface area contributed by atoms with Crippen LogP contribution in [0.4, 0.5) is 0 Å². The lowest BCUT2D eigenvalue weighted by Gasteiger charge is -2.11. The first kappa shape index (κ1) is 17.9. The summed E-state index contributed by atoms with van der Waals surface area (Å²) in [6, 6.07) is 12.3. The maximum atomic E-state index is 11.6. The number of rotatable bonds is 8. The number of amides is 1. The monoisotopic (exact) mass is 379 g/mol. The lowest BCUT2D eigenvalue weighted by atomic mass is 10.3. The van der Waals surface area contributed by atoms with Gasteiger partial charge >= 0.3 is 0 Å². The number of hydrogen-bond donors (Lipinski definition) is 1. The number of carbonyl (C=O) groups is 1. The van der Waals surface area contributed by atoms with Crippen LogP contribution < -0.4 is 14.8 Å². The zero-order valence-corrected chi connectivity index (χ0v) is 15.1. The molecule has 0 unspecified atom stereocenters. The molecule has 3 rings (SSSR count). The summed E-state index contributed by atoms with van der Waals surface area (Å²) in [5.74, 6) is 2.45. The topological polar surface area (TPSA) is 47.6 Å². The Labute approximate surface area is 157 Å². The molecule has 2 aromatic rings. The third-order valence-corrected chi connectivity index (χ3v) is 4.32. The molecule has 0 heterocycles. The summed E-state index contributed by atoms with van der Waals surface area (Å²) in [5.41, 5.74) is 0. The van der Waals surface area contributed by atoms with Crippen LogP contribution in [0.25, 0.3) is 0 Å². The van der Waals surface area contributed by atoms with Crippen molar-refractivity contribution in [3.63, 3.8) is 0 Å². The summed E-state index contributed by atoms with van der Waals surface area (Å²) in [6.45, 7) is 0.827. The third-order valence-electron chi connectivity index (χ3n) is 3.79. The molecule has 1 aliphatic rings. The van der Waals surface area contributed by atoms with E-state index in [2.05, 4.69) is 5.32 Å². The predicted molar refractivity (Wildman–Crippen MR) is 98.8 cm³/mol. The van der Waals surface area contributed by atoms with E-state index in [4.69, 9.17) is 32.7 Å². The average Bonchev–Trinajstić information content (AvgIpc) is 3.37. The second-order valence-corrected chi connectivity index (χ2v) is 6.84. The van der Waals surface area contributed by atoms with Crippen molar-refractivity contribution in [2.45, 2.75) is 19.3 Å². The van der Waals surface area contributed by atoms with Gasteiger partial charge in [0.1, 0.15) is 23.9 Å². The summed E-state index contributed by atoms with van der Waals surface area (Å²) in [7, 11) is 0. The first-order valence-corrected chi connectivity index (χ1v) is 8.98. The molecule has 25 heavy (non-hydrogen) atoms. The smallest absolute Gasteiger partial charge is 0.220 e. The fraction of sp³-hybridized carbons (Fsp3) is 0.316. The Morgan fingerprint density at radius 3 is 2.64 bits per heavy atom. The SMILES string of the molecule is O=C(CC1CC1)NCCOc1ccc(Oc2cccc(Cl)c2)cc1Cl. The fourth-order valence-corrected chi connectivity index (χ4v) is 2.74. The van der Waals surface area contributed by atoms with Crippen LogP contribution in [-0.2, 0) is 4.79 Å². The van der Waals surface area contributed by atoms with Gasteiger partial charge in [-0.25, -0.2) is 0 Å². The van der Waals surface area contributed by atoms with E-state index in [1.165, 1.54) is 12.8 Å². The number of benzene rings is 2. The minimum Gasteiger partial charge on any atom is -0.490 e. The molecule has 1 aliphatic carbocycles. The van der Waals surface area contributed by atoms with Crippen molar-refractivity contribution in [2.75, 3.05) is 13.2 Å². The van der Waals surface area contributed by atoms with Crippen LogP contribution in [0.2, 0.25) is 10.0 Å². The molecule has 0 aliphatic heterocycles. The highest BCUT2D eigenvalue weighted by Gasteiger charge is 2.23. The van der Waals surface area contributed by atoms with E-state index < -0.39 is 0 Å². The van der Waals surface area contributed by atoms with Crippen molar-refractivity contribution in [2.24, 2.45) is 5.92 Å². The Kier molecular flexibility index (Phi) is 6.05. The van der Waals surface area contributed by atoms with Crippen molar-refractivity contribution >= 4 is 29.1 Å². The molecule has 132 valence electrons. The second kappa shape index (κ2) is 8.45. The average molecular weight is 380 g/mol. The predicted octanol–water partition coefficient (Wildman–Crippen LogP) is 5.08. The maximum absolute atomic E-state index is 11.6. The highest BCUT2D eigenvalue weighted by Crippen LogP contribution is 2.32. The number of halogens is 2. The summed E-state index contributed by atoms with van der Waals surface area (Å²) in [6.07, 6.45) is 2.96. The second-order valence-electron chi connectivity index (χ2n) is 6.00. The first-order valence-electron chi connectivity index (χ1n) is 8.22. The van der Waals surface area contributed by atoms with Gasteiger partial charge in [-0.15, -0.1) is 0 Å². The van der Waals surface area contributed by atoms with E-state index in [9.17, 15) is 4.79 Å². The largest absolute Gasteiger partial charge is 0.490 e. The van der Waals surface area contributed by atoms with E-state index in [-0.39, 0.29) is 5.91 Å². The van der Waals surface area contributed by atoms with E-state index >= 15 is 0 Å². The molecule has 0 radical (unpaired) electrons. The molecule has 1 saturated carbocycles. The Hall–Kier alpha value is -1.91. The molecule has 4 nitrogen and oxygen atoms in total. The minimum atomic E-state index is 0.0856. The van der Waals surface area contributed by atoms with Crippen LogP contribution in [0, 0.1) is 5.92 Å². The molecule has 6 heteroatoms. The van der Waals surface area contributed by atoms with Crippen LogP contribution in [0.15, 0.2) is 42.5 Å². The molecule has 0 aromatic heterocycles. The van der Waals surface area contributed by atoms with Crippen LogP contribution in [0.1, 0.15) is 19.3 Å². The minimum absolute atomic E-state index is 0.0856. The van der Waals surface area contributed by atoms with Crippen molar-refractivity contribution in [1.29, 1.82) is 0 Å². The van der Waals surface area contributed by atoms with Crippen molar-refractivity contribution in [1.82, 2.24) is 5.32 Å². The molecular weight excluding hydrogens is 361 g/mol. The Bertz CT molecular complexity index is 747. The van der Waals surface area contributed by atoms with Crippen LogP contribution in [0.3, 0.4) is 0 Å². The molecule has 0 bridgehead atoms. The third kappa shape index (κ3) is 5.83. The standard InChI is InChI=1S/C19H19Cl2NO3/c20-14-2-1-3-15(11-14)25-16-6-7-18(17(21)12-16)24-9-8-22-19(23)10-13-4-5-13/h1-3,6-7,11-13H,4-5,8-10H2,(H,22,23). The summed E-state index contributed by atoms with van der Waals surface area (Å²) in [4.78, 5) is 11.6. The molecular formula is C19H19Cl2NO3. The lowest BCUT2D eigenvalue weighted by Crippen LogP contribution is -2.28. The zero-order chi connectivity index (χ0) is 17.6. The van der Waals surface area contributed by atoms with Gasteiger partial charge < -0.3 is 14.8 Å². The molecule has 0 atom stereocenters. The first-order chi connectivity index (χ1) is 12.1. The highest BCUT2D eigenvalue weighted by molar-refractivity contribution is 6.32. The highest BCUT2D eigenvalue weighted by atomic mass is 35.5. The molecule has 1 amide bonds. The number of ether oxygens (including phenoxy) is 2. The molecule has 2 aromatic carbocycles. The van der Waals surface area contributed by atoms with E-state index in [0.717, 1.165) is 0 Å². The lowest BCUT2D eigenvalue weighted by molar-refractivity contribution is -0.121. The Morgan fingerprint density at radius 2 is 1.92 bits per heavy atom. The quantitative estimate of drug-likeness (QED) is 0.650. The molecule has 0 spiro atoms. The normalized spacial score (nSPS) is 13.4. The van der Waals surface area contributed by atoms with Gasteiger partial charge in [0.25, 0.3) is 0 Å². The maximum Gasteiger partial charge on any atom is 0.220 e. The number of hydrogen-bond acceptors (Lipinski definition) is 3. The van der Waals surface area contributed by atoms with E-state index in [0.29, 0.717) is 52.8 Å². The van der Waals surface area contributed by atoms with Crippen molar-refractivity contribution in [3.8, 4) is 17.2 Å². The van der Waals surface area contributed by atoms with Gasteiger partial charge in [0.15, 0.2) is 0 Å². The Balaban J connectivity index is 1.47. The molecule has 0 saturated heterocycles. The van der Waals surface area contributed by atoms with Gasteiger partial charge in [-0.1, -0.05) is 29.3 Å².